The van der Waals surface area contributed by atoms with E-state index in [0.29, 0.717) is 53.1 Å². The highest BCUT2D eigenvalue weighted by Crippen LogP contribution is 2.32. The Bertz CT molecular complexity index is 1470. The van der Waals surface area contributed by atoms with Gasteiger partial charge in [0.05, 0.1) is 38.8 Å². The van der Waals surface area contributed by atoms with Crippen LogP contribution in [0.1, 0.15) is 18.5 Å². The van der Waals surface area contributed by atoms with Gasteiger partial charge < -0.3 is 29.8 Å². The van der Waals surface area contributed by atoms with Crippen LogP contribution < -0.4 is 20.7 Å². The molecule has 0 aliphatic carbocycles. The molecule has 3 N–H and O–H groups in total. The van der Waals surface area contributed by atoms with E-state index >= 15 is 4.39 Å². The van der Waals surface area contributed by atoms with E-state index in [9.17, 15) is 9.90 Å². The highest BCUT2D eigenvalue weighted by atomic mass is 19.1. The van der Waals surface area contributed by atoms with E-state index in [-0.39, 0.29) is 36.5 Å². The van der Waals surface area contributed by atoms with Crippen molar-refractivity contribution < 1.29 is 23.8 Å². The van der Waals surface area contributed by atoms with E-state index in [4.69, 9.17) is 20.2 Å². The summed E-state index contributed by atoms with van der Waals surface area (Å²) in [5, 5.41) is 9.52. The zero-order valence-corrected chi connectivity index (χ0v) is 21.5. The first-order chi connectivity index (χ1) is 18.4. The second-order valence-corrected chi connectivity index (χ2v) is 8.55. The minimum Gasteiger partial charge on any atom is -0.497 e. The molecule has 38 heavy (non-hydrogen) atoms. The summed E-state index contributed by atoms with van der Waals surface area (Å²) in [7, 11) is 4.46. The van der Waals surface area contributed by atoms with Gasteiger partial charge in [-0.2, -0.15) is 0 Å². The Labute approximate surface area is 218 Å². The van der Waals surface area contributed by atoms with Crippen LogP contribution in [0.15, 0.2) is 46.6 Å². The van der Waals surface area contributed by atoms with E-state index in [1.165, 1.54) is 32.6 Å². The first kappa shape index (κ1) is 26.7. The molecule has 2 aromatic heterocycles. The molecule has 1 fully saturated rings. The maximum absolute atomic E-state index is 15.2. The maximum atomic E-state index is 15.2. The lowest BCUT2D eigenvalue weighted by Gasteiger charge is -2.25. The summed E-state index contributed by atoms with van der Waals surface area (Å²) in [5.74, 6) is -0.315. The summed E-state index contributed by atoms with van der Waals surface area (Å²) in [5.41, 5.74) is 8.27. The molecule has 3 heterocycles. The van der Waals surface area contributed by atoms with Gasteiger partial charge in [0.15, 0.2) is 17.2 Å². The Kier molecular flexibility index (Phi) is 8.31. The van der Waals surface area contributed by atoms with Crippen molar-refractivity contribution in [1.82, 2.24) is 19.4 Å². The van der Waals surface area contributed by atoms with E-state index < -0.39 is 5.82 Å². The Morgan fingerprint density at radius 3 is 2.82 bits per heavy atom. The number of nitrogens with two attached hydrogens (primary N) is 1. The Morgan fingerprint density at radius 2 is 2.13 bits per heavy atom. The summed E-state index contributed by atoms with van der Waals surface area (Å²) >= 11 is 0. The molecule has 0 bridgehead atoms. The number of ether oxygens (including phenoxy) is 2. The van der Waals surface area contributed by atoms with Crippen molar-refractivity contribution in [3.63, 3.8) is 0 Å². The molecule has 1 unspecified atom stereocenters. The van der Waals surface area contributed by atoms with Crippen LogP contribution in [0, 0.1) is 5.82 Å². The number of aliphatic imine (C=N–C) groups is 1. The molecule has 1 aromatic carbocycles. The van der Waals surface area contributed by atoms with Gasteiger partial charge in [-0.15, -0.1) is 0 Å². The topological polar surface area (TPSA) is 140 Å². The van der Waals surface area contributed by atoms with Gasteiger partial charge in [0.2, 0.25) is 5.91 Å². The van der Waals surface area contributed by atoms with Crippen LogP contribution in [0.5, 0.6) is 11.5 Å². The summed E-state index contributed by atoms with van der Waals surface area (Å²) in [6.07, 6.45) is 5.51. The predicted molar refractivity (Wildman–Crippen MR) is 141 cm³/mol. The van der Waals surface area contributed by atoms with Gasteiger partial charge in [0.25, 0.3) is 0 Å². The number of aliphatic hydroxyl groups is 1. The number of hydrogen-bond donors (Lipinski definition) is 2. The third-order valence-electron chi connectivity index (χ3n) is 6.32. The number of benzene rings is 1. The summed E-state index contributed by atoms with van der Waals surface area (Å²) in [6, 6.07) is 6.13. The zero-order valence-electron chi connectivity index (χ0n) is 21.5. The number of allylic oxidation sites excluding steroid dienone is 1. The lowest BCUT2D eigenvalue weighted by atomic mass is 10.2. The van der Waals surface area contributed by atoms with E-state index in [0.717, 1.165) is 0 Å². The number of aliphatic hydroxyl groups excluding tert-OH is 1. The third kappa shape index (κ3) is 5.35. The third-order valence-corrected chi connectivity index (χ3v) is 6.32. The number of aromatic nitrogens is 3. The van der Waals surface area contributed by atoms with E-state index in [1.807, 2.05) is 0 Å². The normalized spacial score (nSPS) is 16.7. The molecule has 0 spiro atoms. The summed E-state index contributed by atoms with van der Waals surface area (Å²) in [6.45, 7) is 0.360. The molecule has 4 rings (SSSR count). The van der Waals surface area contributed by atoms with Gasteiger partial charge in [-0.3, -0.25) is 14.8 Å². The number of rotatable bonds is 9. The van der Waals surface area contributed by atoms with Crippen LogP contribution in [-0.4, -0.2) is 77.1 Å². The van der Waals surface area contributed by atoms with Crippen LogP contribution in [0.3, 0.4) is 0 Å². The molecule has 1 saturated heterocycles. The van der Waals surface area contributed by atoms with Crippen LogP contribution in [-0.2, 0) is 11.3 Å². The van der Waals surface area contributed by atoms with Gasteiger partial charge in [0, 0.05) is 56.7 Å². The van der Waals surface area contributed by atoms with Crippen molar-refractivity contribution in [2.45, 2.75) is 25.4 Å². The fraction of sp³-hybridized carbons (Fsp3) is 0.346. The molecule has 1 aliphatic heterocycles. The lowest BCUT2D eigenvalue weighted by Crippen LogP contribution is -2.40. The molecule has 1 amide bonds. The smallest absolute Gasteiger partial charge is 0.223 e. The molecule has 11 nitrogen and oxygen atoms in total. The average Bonchev–Trinajstić information content (AvgIpc) is 3.28. The predicted octanol–water partition coefficient (Wildman–Crippen LogP) is 1.80. The summed E-state index contributed by atoms with van der Waals surface area (Å²) < 4.78 is 27.5. The van der Waals surface area contributed by atoms with E-state index in [1.54, 1.807) is 41.1 Å². The standard InChI is InChI=1S/C26H30FN7O4/c1-29-13-16(12-28)21-14-30-19-5-6-23(31-20-10-18(37-2)11-22(38-3)25(20)27)34(26(19)32-21)15-17-4-7-24(36)33(17)8-9-35/h5-6,10-14,17,35H,4,7-9,15,28H2,1-3H3. The fourth-order valence-electron chi connectivity index (χ4n) is 4.45. The van der Waals surface area contributed by atoms with Crippen molar-refractivity contribution in [3.05, 3.63) is 53.7 Å². The number of methoxy groups -OCH3 is 2. The van der Waals surface area contributed by atoms with Crippen molar-refractivity contribution in [1.29, 1.82) is 0 Å². The van der Waals surface area contributed by atoms with Crippen LogP contribution in [0.25, 0.3) is 16.7 Å². The number of hydrogen-bond acceptors (Lipinski definition) is 9. The van der Waals surface area contributed by atoms with Crippen molar-refractivity contribution in [2.75, 3.05) is 34.4 Å². The van der Waals surface area contributed by atoms with Gasteiger partial charge in [-0.1, -0.05) is 0 Å². The number of nitrogens with zero attached hydrogens (tertiary/aromatic N) is 6. The molecule has 3 aromatic rings. The van der Waals surface area contributed by atoms with Gasteiger partial charge >= 0.3 is 0 Å². The van der Waals surface area contributed by atoms with Crippen molar-refractivity contribution in [3.8, 4) is 11.5 Å². The quantitative estimate of drug-likeness (QED) is 0.408. The number of halogens is 1. The van der Waals surface area contributed by atoms with Gasteiger partial charge in [-0.05, 0) is 18.6 Å². The van der Waals surface area contributed by atoms with Crippen LogP contribution in [0.2, 0.25) is 0 Å². The number of carbonyl (C=O) groups excluding carboxylic acids is 1. The second kappa shape index (κ2) is 11.8. The van der Waals surface area contributed by atoms with Crippen LogP contribution in [0.4, 0.5) is 10.1 Å². The fourth-order valence-corrected chi connectivity index (χ4v) is 4.45. The van der Waals surface area contributed by atoms with Gasteiger partial charge in [-0.25, -0.2) is 14.4 Å². The molecule has 1 aliphatic rings. The Morgan fingerprint density at radius 1 is 1.32 bits per heavy atom. The molecule has 12 heteroatoms. The van der Waals surface area contributed by atoms with Crippen LogP contribution >= 0.6 is 0 Å². The monoisotopic (exact) mass is 523 g/mol. The average molecular weight is 524 g/mol. The highest BCUT2D eigenvalue weighted by molar-refractivity contribution is 6.08. The SMILES string of the molecule is CN=CC(=CN)c1cnc2ccc(=Nc3cc(OC)cc(OC)c3F)n(CC3CCC(=O)N3CCO)c2n1. The molecule has 0 radical (unpaired) electrons. The highest BCUT2D eigenvalue weighted by Gasteiger charge is 2.31. The molecular formula is C26H30FN7O4. The minimum absolute atomic E-state index is 0.00813. The largest absolute Gasteiger partial charge is 0.497 e. The second-order valence-electron chi connectivity index (χ2n) is 8.55. The number of carbonyl (C=O) groups is 1. The zero-order chi connectivity index (χ0) is 27.2. The van der Waals surface area contributed by atoms with Crippen molar-refractivity contribution in [2.24, 2.45) is 15.7 Å². The molecule has 1 atom stereocenters. The molecule has 0 saturated carbocycles. The maximum Gasteiger partial charge on any atom is 0.223 e. The minimum atomic E-state index is -0.648. The number of amides is 1. The molecule has 200 valence electrons. The number of β-amino-alcohol motifs (C(OH)–C–C–N with tert-alkyl or cyclic N) is 1. The number of likely N-dealkylation sites (tertiary alicyclic amines) is 1. The van der Waals surface area contributed by atoms with E-state index in [2.05, 4.69) is 15.0 Å². The molecular weight excluding hydrogens is 493 g/mol. The summed E-state index contributed by atoms with van der Waals surface area (Å²) in [4.78, 5) is 32.1. The van der Waals surface area contributed by atoms with Crippen molar-refractivity contribution >= 4 is 34.5 Å². The first-order valence-corrected chi connectivity index (χ1v) is 12.0. The van der Waals surface area contributed by atoms with Gasteiger partial charge in [0.1, 0.15) is 22.4 Å². The lowest BCUT2D eigenvalue weighted by molar-refractivity contribution is -0.129. The number of pyridine rings is 1. The Hall–Kier alpha value is -4.32. The Balaban J connectivity index is 1.97. The first-order valence-electron chi connectivity index (χ1n) is 12.0. The number of fused-ring (bicyclic) bond motifs is 1.